The van der Waals surface area contributed by atoms with Crippen molar-refractivity contribution in [2.24, 2.45) is 0 Å². The van der Waals surface area contributed by atoms with Crippen molar-refractivity contribution >= 4 is 38.9 Å². The van der Waals surface area contributed by atoms with Gasteiger partial charge in [-0.2, -0.15) is 0 Å². The molecule has 0 radical (unpaired) electrons. The lowest BCUT2D eigenvalue weighted by atomic mass is 13.7. The molecule has 10 heavy (non-hydrogen) atoms. The van der Waals surface area contributed by atoms with Gasteiger partial charge in [0.15, 0.2) is 0 Å². The monoisotopic (exact) mass is 222 g/mol. The minimum absolute atomic E-state index is 0.160. The smallest absolute Gasteiger partial charge is 0.250 e. The van der Waals surface area contributed by atoms with Gasteiger partial charge < -0.3 is 0 Å². The van der Waals surface area contributed by atoms with Crippen LogP contribution in [-0.2, 0) is 0 Å². The first-order valence-corrected chi connectivity index (χ1v) is 7.63. The molecule has 1 heterocycles. The van der Waals surface area contributed by atoms with Gasteiger partial charge in [0.1, 0.15) is 0 Å². The van der Waals surface area contributed by atoms with Crippen molar-refractivity contribution in [1.29, 1.82) is 0 Å². The summed E-state index contributed by atoms with van der Waals surface area (Å²) in [5.74, 6) is 0. The third kappa shape index (κ3) is 0.798. The van der Waals surface area contributed by atoms with Gasteiger partial charge in [-0.3, -0.25) is 7.79 Å². The van der Waals surface area contributed by atoms with Crippen molar-refractivity contribution in [3.63, 3.8) is 0 Å². The van der Waals surface area contributed by atoms with Crippen LogP contribution >= 0.6 is 0 Å². The first-order valence-electron chi connectivity index (χ1n) is 2.54. The fourth-order valence-corrected chi connectivity index (χ4v) is 13.8. The Labute approximate surface area is 63.8 Å². The molecule has 0 aliphatic carbocycles. The summed E-state index contributed by atoms with van der Waals surface area (Å²) in [5, 5.41) is 0. The highest BCUT2D eigenvalue weighted by Gasteiger charge is 2.77. The van der Waals surface area contributed by atoms with Crippen LogP contribution < -0.4 is 0 Å². The van der Waals surface area contributed by atoms with Gasteiger partial charge in [0.2, 0.25) is 0 Å². The molecular formula is H6F4N2Si4. The topological polar surface area (TPSA) is 6.48 Å². The summed E-state index contributed by atoms with van der Waals surface area (Å²) in [5.41, 5.74) is 0. The molecule has 0 aromatic heterocycles. The Balaban J connectivity index is 2.78. The second kappa shape index (κ2) is 2.01. The summed E-state index contributed by atoms with van der Waals surface area (Å²) in [6, 6.07) is 0. The second-order valence-corrected chi connectivity index (χ2v) is 13.1. The highest BCUT2D eigenvalue weighted by Crippen LogP contribution is 2.37. The fraction of sp³-hybridized carbons (Fsp3) is 0. The Morgan fingerprint density at radius 2 is 1.00 bits per heavy atom. The highest BCUT2D eigenvalue weighted by atomic mass is 28.6. The predicted molar refractivity (Wildman–Crippen MR) is 39.5 cm³/mol. The van der Waals surface area contributed by atoms with Crippen molar-refractivity contribution in [2.45, 2.75) is 0 Å². The van der Waals surface area contributed by atoms with Crippen LogP contribution in [0.5, 0.6) is 0 Å². The van der Waals surface area contributed by atoms with E-state index in [0.29, 0.717) is 0 Å². The van der Waals surface area contributed by atoms with Gasteiger partial charge in [0, 0.05) is 0 Å². The molecule has 0 atom stereocenters. The maximum atomic E-state index is 12.4. The fourth-order valence-electron chi connectivity index (χ4n) is 0.729. The zero-order valence-corrected chi connectivity index (χ0v) is 11.4. The van der Waals surface area contributed by atoms with Gasteiger partial charge in [0.05, 0.1) is 20.8 Å². The standard InChI is InChI=1S/F4H6N2Si4/c1-9(2)5(7)10(3,4)6(9)8/h7-8H3. The lowest BCUT2D eigenvalue weighted by molar-refractivity contribution is 0.308. The van der Waals surface area contributed by atoms with E-state index in [4.69, 9.17) is 0 Å². The van der Waals surface area contributed by atoms with E-state index in [1.165, 1.54) is 0 Å². The molecule has 0 bridgehead atoms. The van der Waals surface area contributed by atoms with Crippen molar-refractivity contribution in [3.05, 3.63) is 0 Å². The molecule has 0 N–H and O–H groups in total. The van der Waals surface area contributed by atoms with E-state index < -0.39 is 18.1 Å². The van der Waals surface area contributed by atoms with Crippen molar-refractivity contribution in [2.75, 3.05) is 0 Å². The minimum Gasteiger partial charge on any atom is -0.250 e. The lowest BCUT2D eigenvalue weighted by Crippen LogP contribution is -2.86. The largest absolute Gasteiger partial charge is 0.581 e. The summed E-state index contributed by atoms with van der Waals surface area (Å²) >= 11 is 0. The Hall–Kier alpha value is 0.508. The van der Waals surface area contributed by atoms with Crippen LogP contribution in [-0.4, -0.2) is 46.7 Å². The van der Waals surface area contributed by atoms with Crippen LogP contribution in [0.1, 0.15) is 0 Å². The van der Waals surface area contributed by atoms with Crippen LogP contribution in [0.15, 0.2) is 0 Å². The molecular weight excluding hydrogens is 216 g/mol. The van der Waals surface area contributed by atoms with Crippen LogP contribution in [0.4, 0.5) is 16.4 Å². The summed E-state index contributed by atoms with van der Waals surface area (Å²) in [6.45, 7) is 0. The summed E-state index contributed by atoms with van der Waals surface area (Å²) in [7, 11) is -9.78. The molecule has 0 amide bonds. The average molecular weight is 222 g/mol. The maximum Gasteiger partial charge on any atom is 0.581 e. The number of hydrogen-bond acceptors (Lipinski definition) is 2. The molecule has 2 nitrogen and oxygen atoms in total. The molecule has 1 rings (SSSR count). The molecule has 60 valence electrons. The van der Waals surface area contributed by atoms with E-state index in [2.05, 4.69) is 0 Å². The molecule has 0 aromatic rings. The lowest BCUT2D eigenvalue weighted by Gasteiger charge is -2.48. The molecule has 1 saturated heterocycles. The third-order valence-electron chi connectivity index (χ3n) is 1.61. The summed E-state index contributed by atoms with van der Waals surface area (Å²) < 4.78 is 50.1. The van der Waals surface area contributed by atoms with Gasteiger partial charge in [-0.25, -0.2) is 16.4 Å². The van der Waals surface area contributed by atoms with Gasteiger partial charge in [-0.1, -0.05) is 0 Å². The van der Waals surface area contributed by atoms with Crippen LogP contribution in [0.2, 0.25) is 0 Å². The zero-order chi connectivity index (χ0) is 8.15. The highest BCUT2D eigenvalue weighted by molar-refractivity contribution is 7.01. The average Bonchev–Trinajstić information content (AvgIpc) is 1.84. The van der Waals surface area contributed by atoms with Crippen LogP contribution in [0, 0.1) is 0 Å². The minimum atomic E-state index is -4.69. The quantitative estimate of drug-likeness (QED) is 0.264. The van der Waals surface area contributed by atoms with E-state index in [-0.39, 0.29) is 28.6 Å². The first kappa shape index (κ1) is 8.60. The van der Waals surface area contributed by atoms with E-state index >= 15 is 0 Å². The molecule has 10 heteroatoms. The van der Waals surface area contributed by atoms with Gasteiger partial charge >= 0.3 is 18.1 Å². The normalized spacial score (nSPS) is 32.4. The summed E-state index contributed by atoms with van der Waals surface area (Å²) in [4.78, 5) is 0. The Kier molecular flexibility index (Phi) is 1.73. The molecule has 0 unspecified atom stereocenters. The zero-order valence-electron chi connectivity index (χ0n) is 5.41. The predicted octanol–water partition coefficient (Wildman–Crippen LogP) is -2.09. The number of halogens is 4. The molecule has 0 saturated carbocycles. The van der Waals surface area contributed by atoms with Gasteiger partial charge in [0.25, 0.3) is 0 Å². The van der Waals surface area contributed by atoms with Crippen LogP contribution in [0.3, 0.4) is 0 Å². The van der Waals surface area contributed by atoms with Crippen molar-refractivity contribution < 1.29 is 16.4 Å². The van der Waals surface area contributed by atoms with Crippen LogP contribution in [0.25, 0.3) is 0 Å². The van der Waals surface area contributed by atoms with E-state index in [0.717, 1.165) is 0 Å². The SMILES string of the molecule is F[Si]1(F)N([SiH3])[Si](F)(F)N1[SiH3]. The van der Waals surface area contributed by atoms with E-state index in [1.807, 2.05) is 0 Å². The van der Waals surface area contributed by atoms with E-state index in [1.54, 1.807) is 0 Å². The molecule has 0 spiro atoms. The Morgan fingerprint density at radius 1 is 0.800 bits per heavy atom. The molecule has 1 aliphatic heterocycles. The first-order chi connectivity index (χ1) is 4.31. The molecule has 1 fully saturated rings. The maximum absolute atomic E-state index is 12.4. The Morgan fingerprint density at radius 3 is 1.10 bits per heavy atom. The second-order valence-electron chi connectivity index (χ2n) is 2.14. The Bertz CT molecular complexity index is 127. The molecule has 1 aliphatic rings. The number of hydrogen-bond donors (Lipinski definition) is 0. The summed E-state index contributed by atoms with van der Waals surface area (Å²) in [6.07, 6.45) is 0. The van der Waals surface area contributed by atoms with E-state index in [9.17, 15) is 16.4 Å². The number of nitrogens with zero attached hydrogens (tertiary/aromatic N) is 2. The van der Waals surface area contributed by atoms with Gasteiger partial charge in [-0.05, 0) is 0 Å². The van der Waals surface area contributed by atoms with Crippen molar-refractivity contribution in [1.82, 2.24) is 7.79 Å². The van der Waals surface area contributed by atoms with Crippen molar-refractivity contribution in [3.8, 4) is 0 Å². The molecule has 0 aromatic carbocycles. The third-order valence-corrected chi connectivity index (χ3v) is 14.5. The number of rotatable bonds is 0. The van der Waals surface area contributed by atoms with Gasteiger partial charge in [-0.15, -0.1) is 0 Å².